The first kappa shape index (κ1) is 49.5. The van der Waals surface area contributed by atoms with Crippen LogP contribution in [0.5, 0.6) is 5.75 Å². The molecule has 2 aliphatic heterocycles. The van der Waals surface area contributed by atoms with Gasteiger partial charge in [0.05, 0.1) is 25.6 Å². The Morgan fingerprint density at radius 3 is 1.90 bits per heavy atom. The van der Waals surface area contributed by atoms with Crippen LogP contribution in [0, 0.1) is 5.92 Å². The van der Waals surface area contributed by atoms with Crippen LogP contribution in [0.15, 0.2) is 36.8 Å². The van der Waals surface area contributed by atoms with E-state index >= 15 is 0 Å². The van der Waals surface area contributed by atoms with Crippen LogP contribution < -0.4 is 37.6 Å². The number of carbonyl (C=O) groups is 8. The summed E-state index contributed by atoms with van der Waals surface area (Å²) in [4.78, 5) is 117. The fourth-order valence-corrected chi connectivity index (χ4v) is 7.41. The summed E-state index contributed by atoms with van der Waals surface area (Å²) < 4.78 is 0. The van der Waals surface area contributed by atoms with Crippen molar-refractivity contribution in [1.82, 2.24) is 51.7 Å². The first-order valence-electron chi connectivity index (χ1n) is 21.1. The van der Waals surface area contributed by atoms with Crippen LogP contribution in [0.25, 0.3) is 0 Å². The Bertz CT molecular complexity index is 1910. The molecule has 0 bridgehead atoms. The van der Waals surface area contributed by atoms with E-state index in [1.54, 1.807) is 32.9 Å². The lowest BCUT2D eigenvalue weighted by atomic mass is 10.0. The minimum atomic E-state index is -1.46. The zero-order valence-electron chi connectivity index (χ0n) is 36.0. The number of carbonyl (C=O) groups excluding carboxylic acids is 8. The molecular weight excluding hydrogens is 823 g/mol. The normalized spacial score (nSPS) is 18.9. The molecule has 22 nitrogen and oxygen atoms in total. The molecule has 8 amide bonds. The predicted molar refractivity (Wildman–Crippen MR) is 225 cm³/mol. The van der Waals surface area contributed by atoms with E-state index in [-0.39, 0.29) is 51.1 Å². The summed E-state index contributed by atoms with van der Waals surface area (Å²) in [6.07, 6.45) is 2.81. The summed E-state index contributed by atoms with van der Waals surface area (Å²) in [6.45, 7) is 5.91. The van der Waals surface area contributed by atoms with E-state index in [0.717, 1.165) is 0 Å². The third-order valence-electron chi connectivity index (χ3n) is 10.9. The molecule has 0 radical (unpaired) electrons. The number of hydrogen-bond donors (Lipinski definition) is 11. The Morgan fingerprint density at radius 1 is 0.794 bits per heavy atom. The number of phenolic OH excluding ortho intramolecular Hbond substituents is 1. The highest BCUT2D eigenvalue weighted by molar-refractivity contribution is 5.98. The van der Waals surface area contributed by atoms with Crippen LogP contribution in [0.1, 0.15) is 64.6 Å². The average molecular weight is 884 g/mol. The molecule has 2 aromatic rings. The summed E-state index contributed by atoms with van der Waals surface area (Å²) in [7, 11) is 0. The van der Waals surface area contributed by atoms with Crippen LogP contribution in [-0.2, 0) is 51.2 Å². The Hall–Kier alpha value is -6.13. The maximum Gasteiger partial charge on any atom is 0.248 e. The predicted octanol–water partition coefficient (Wildman–Crippen LogP) is -3.57. The number of aliphatic hydroxyl groups is 2. The minimum absolute atomic E-state index is 0.00592. The Morgan fingerprint density at radius 2 is 1.38 bits per heavy atom. The van der Waals surface area contributed by atoms with Gasteiger partial charge in [-0.3, -0.25) is 38.4 Å². The minimum Gasteiger partial charge on any atom is -0.508 e. The number of benzene rings is 1. The zero-order valence-corrected chi connectivity index (χ0v) is 36.0. The molecule has 2 fully saturated rings. The lowest BCUT2D eigenvalue weighted by Crippen LogP contribution is -2.61. The molecule has 1 aromatic carbocycles. The number of likely N-dealkylation sites (N-methyl/N-ethyl adjacent to an activating group) is 1. The third-order valence-corrected chi connectivity index (χ3v) is 10.9. The highest BCUT2D eigenvalue weighted by atomic mass is 16.3. The number of hydrogen-bond acceptors (Lipinski definition) is 13. The molecule has 12 N–H and O–H groups in total. The number of aromatic nitrogens is 2. The SMILES string of the molecule is CCNC(=O)CNC(=O)[C@@H](Cc1ccc(O)cc1)NC(=O)[C@@H]1CCCN1C(=O)[C@H](NC(=O)[C@H](Cc1cnc[nH]1)NC(=O)[C@H]1CCCN1C(=O)[C@H](CO)NC(=O)[C@H](N)C(C)O)C(C)C. The number of rotatable bonds is 21. The first-order valence-corrected chi connectivity index (χ1v) is 21.1. The molecule has 0 aliphatic carbocycles. The quantitative estimate of drug-likeness (QED) is 0.0579. The van der Waals surface area contributed by atoms with Crippen molar-refractivity contribution in [2.24, 2.45) is 11.7 Å². The number of aliphatic hydroxyl groups excluding tert-OH is 2. The van der Waals surface area contributed by atoms with Gasteiger partial charge in [0, 0.05) is 44.4 Å². The number of imidazole rings is 1. The van der Waals surface area contributed by atoms with Gasteiger partial charge < -0.3 is 67.7 Å². The van der Waals surface area contributed by atoms with Gasteiger partial charge in [0.25, 0.3) is 0 Å². The number of likely N-dealkylation sites (tertiary alicyclic amines) is 2. The highest BCUT2D eigenvalue weighted by Gasteiger charge is 2.42. The lowest BCUT2D eigenvalue weighted by molar-refractivity contribution is -0.144. The van der Waals surface area contributed by atoms with Gasteiger partial charge in [-0.1, -0.05) is 26.0 Å². The second-order valence-corrected chi connectivity index (χ2v) is 16.1. The van der Waals surface area contributed by atoms with Crippen molar-refractivity contribution in [1.29, 1.82) is 0 Å². The monoisotopic (exact) mass is 883 g/mol. The molecule has 1 aromatic heterocycles. The fraction of sp³-hybridized carbons (Fsp3) is 0.585. The first-order chi connectivity index (χ1) is 29.9. The maximum absolute atomic E-state index is 14.3. The number of H-pyrrole nitrogens is 1. The summed E-state index contributed by atoms with van der Waals surface area (Å²) in [5, 5.41) is 45.1. The van der Waals surface area contributed by atoms with Crippen LogP contribution in [0.3, 0.4) is 0 Å². The molecule has 2 saturated heterocycles. The molecule has 346 valence electrons. The van der Waals surface area contributed by atoms with E-state index in [2.05, 4.69) is 41.9 Å². The Labute approximate surface area is 364 Å². The smallest absolute Gasteiger partial charge is 0.248 e. The van der Waals surface area contributed by atoms with Gasteiger partial charge in [-0.25, -0.2) is 4.98 Å². The van der Waals surface area contributed by atoms with Crippen LogP contribution in [0.2, 0.25) is 0 Å². The van der Waals surface area contributed by atoms with Gasteiger partial charge in [-0.2, -0.15) is 0 Å². The molecule has 0 saturated carbocycles. The molecule has 22 heteroatoms. The number of amides is 8. The van der Waals surface area contributed by atoms with Gasteiger partial charge in [-0.15, -0.1) is 0 Å². The van der Waals surface area contributed by atoms with Crippen LogP contribution in [0.4, 0.5) is 0 Å². The topological polar surface area (TPSA) is 331 Å². The van der Waals surface area contributed by atoms with Gasteiger partial charge in [-0.05, 0) is 63.1 Å². The van der Waals surface area contributed by atoms with Crippen molar-refractivity contribution in [2.75, 3.05) is 32.8 Å². The van der Waals surface area contributed by atoms with Crippen LogP contribution >= 0.6 is 0 Å². The second kappa shape index (κ2) is 23.4. The van der Waals surface area contributed by atoms with Gasteiger partial charge in [0.15, 0.2) is 0 Å². The van der Waals surface area contributed by atoms with Crippen molar-refractivity contribution < 1.29 is 53.7 Å². The zero-order chi connectivity index (χ0) is 46.4. The Kier molecular flexibility index (Phi) is 18.4. The van der Waals surface area contributed by atoms with E-state index in [1.807, 2.05) is 0 Å². The average Bonchev–Trinajstić information content (AvgIpc) is 4.06. The standard InChI is InChI=1S/C41H61N11O11/c1-5-44-32(56)19-45-35(57)27(16-24-10-12-26(55)13-11-24)47-38(60)31-9-7-15-52(31)41(63)34(22(2)3)50-36(58)28(17-25-18-43-21-46-25)48-37(59)30-8-6-14-51(30)40(62)29(20-53)49-39(61)33(42)23(4)54/h10-13,18,21-23,27-31,33-34,53-55H,5-9,14-17,19-20,42H2,1-4H3,(H,43,46)(H,44,56)(H,45,57)(H,47,60)(H,48,59)(H,49,61)(H,50,58)/t23?,27-,28+,29+,30-,31+,33-,34-/m1/s1. The van der Waals surface area contributed by atoms with Crippen molar-refractivity contribution in [3.8, 4) is 5.75 Å². The number of phenols is 1. The molecular formula is C41H61N11O11. The molecule has 0 spiro atoms. The van der Waals surface area contributed by atoms with Crippen molar-refractivity contribution >= 4 is 47.3 Å². The third kappa shape index (κ3) is 13.7. The molecule has 2 aliphatic rings. The lowest BCUT2D eigenvalue weighted by Gasteiger charge is -2.32. The van der Waals surface area contributed by atoms with Crippen molar-refractivity contribution in [3.05, 3.63) is 48.0 Å². The largest absolute Gasteiger partial charge is 0.508 e. The second-order valence-electron chi connectivity index (χ2n) is 16.1. The number of aromatic hydroxyl groups is 1. The maximum atomic E-state index is 14.3. The van der Waals surface area contributed by atoms with E-state index in [4.69, 9.17) is 5.73 Å². The van der Waals surface area contributed by atoms with E-state index in [9.17, 15) is 53.7 Å². The fourth-order valence-electron chi connectivity index (χ4n) is 7.41. The molecule has 8 atom stereocenters. The Balaban J connectivity index is 1.49. The summed E-state index contributed by atoms with van der Waals surface area (Å²) in [5.74, 6) is -5.85. The van der Waals surface area contributed by atoms with Gasteiger partial charge in [0.2, 0.25) is 47.3 Å². The van der Waals surface area contributed by atoms with Gasteiger partial charge in [0.1, 0.15) is 48.0 Å². The van der Waals surface area contributed by atoms with Crippen molar-refractivity contribution in [2.45, 2.75) is 115 Å². The molecule has 63 heavy (non-hydrogen) atoms. The van der Waals surface area contributed by atoms with E-state index in [0.29, 0.717) is 30.6 Å². The number of aromatic amines is 1. The highest BCUT2D eigenvalue weighted by Crippen LogP contribution is 2.23. The number of nitrogens with two attached hydrogens (primary N) is 1. The van der Waals surface area contributed by atoms with Crippen LogP contribution in [-0.4, -0.2) is 164 Å². The summed E-state index contributed by atoms with van der Waals surface area (Å²) in [6, 6.07) is -2.53. The molecule has 4 rings (SSSR count). The van der Waals surface area contributed by atoms with E-state index in [1.165, 1.54) is 41.4 Å². The summed E-state index contributed by atoms with van der Waals surface area (Å²) >= 11 is 0. The molecule has 1 unspecified atom stereocenters. The van der Waals surface area contributed by atoms with Crippen molar-refractivity contribution in [3.63, 3.8) is 0 Å². The number of nitrogens with one attached hydrogen (secondary N) is 7. The van der Waals surface area contributed by atoms with Gasteiger partial charge >= 0.3 is 0 Å². The summed E-state index contributed by atoms with van der Waals surface area (Å²) in [5.41, 5.74) is 6.76. The molecule has 3 heterocycles. The number of nitrogens with zero attached hydrogens (tertiary/aromatic N) is 3. The van der Waals surface area contributed by atoms with E-state index < -0.39 is 108 Å².